The first-order valence-electron chi connectivity index (χ1n) is 6.95. The van der Waals surface area contributed by atoms with Crippen LogP contribution in [-0.2, 0) is 6.54 Å². The van der Waals surface area contributed by atoms with Gasteiger partial charge < -0.3 is 15.0 Å². The predicted octanol–water partition coefficient (Wildman–Crippen LogP) is 0.737. The molecule has 1 aliphatic rings. The van der Waals surface area contributed by atoms with Crippen molar-refractivity contribution in [1.82, 2.24) is 20.0 Å². The molecule has 0 aromatic carbocycles. The molecule has 1 aromatic rings. The smallest absolute Gasteiger partial charge is 0.271 e. The average Bonchev–Trinajstić information content (AvgIpc) is 2.87. The predicted molar refractivity (Wildman–Crippen MR) is 72.5 cm³/mol. The van der Waals surface area contributed by atoms with Crippen LogP contribution in [0.15, 0.2) is 6.07 Å². The Hall–Kier alpha value is -1.56. The molecule has 106 valence electrons. The summed E-state index contributed by atoms with van der Waals surface area (Å²) in [7, 11) is 0. The van der Waals surface area contributed by atoms with Gasteiger partial charge in [-0.3, -0.25) is 4.79 Å². The van der Waals surface area contributed by atoms with E-state index in [1.54, 1.807) is 10.7 Å². The highest BCUT2D eigenvalue weighted by atomic mass is 16.5. The molecule has 2 heterocycles. The molecule has 1 N–H and O–H groups in total. The van der Waals surface area contributed by atoms with E-state index in [1.807, 2.05) is 0 Å². The van der Waals surface area contributed by atoms with Crippen molar-refractivity contribution in [2.75, 3.05) is 32.8 Å². The topological polar surface area (TPSA) is 59.4 Å². The van der Waals surface area contributed by atoms with Crippen LogP contribution in [0, 0.1) is 0 Å². The second-order valence-electron chi connectivity index (χ2n) is 4.58. The van der Waals surface area contributed by atoms with Gasteiger partial charge >= 0.3 is 0 Å². The quantitative estimate of drug-likeness (QED) is 0.825. The largest absolute Gasteiger partial charge is 0.478 e. The molecule has 0 fully saturated rings. The minimum atomic E-state index is -0.127. The number of aryl methyl sites for hydroxylation is 1. The molecule has 0 saturated heterocycles. The highest BCUT2D eigenvalue weighted by Crippen LogP contribution is 2.17. The van der Waals surface area contributed by atoms with E-state index >= 15 is 0 Å². The van der Waals surface area contributed by atoms with Gasteiger partial charge in [0.1, 0.15) is 0 Å². The van der Waals surface area contributed by atoms with E-state index in [1.165, 1.54) is 0 Å². The molecule has 1 aliphatic heterocycles. The van der Waals surface area contributed by atoms with Crippen LogP contribution in [-0.4, -0.2) is 53.4 Å². The van der Waals surface area contributed by atoms with Gasteiger partial charge in [0.25, 0.3) is 5.91 Å². The van der Waals surface area contributed by atoms with Gasteiger partial charge in [0, 0.05) is 32.1 Å². The highest BCUT2D eigenvalue weighted by Gasteiger charge is 2.17. The fraction of sp³-hybridized carbons (Fsp3) is 0.692. The summed E-state index contributed by atoms with van der Waals surface area (Å²) in [4.78, 5) is 14.2. The van der Waals surface area contributed by atoms with Crippen molar-refractivity contribution < 1.29 is 9.53 Å². The van der Waals surface area contributed by atoms with Crippen LogP contribution in [0.5, 0.6) is 5.88 Å². The maximum absolute atomic E-state index is 12.0. The average molecular weight is 266 g/mol. The van der Waals surface area contributed by atoms with Gasteiger partial charge in [0.05, 0.1) is 6.61 Å². The van der Waals surface area contributed by atoms with Gasteiger partial charge in [-0.1, -0.05) is 13.8 Å². The molecule has 0 aliphatic carbocycles. The van der Waals surface area contributed by atoms with E-state index in [-0.39, 0.29) is 5.91 Å². The number of aromatic nitrogens is 2. The van der Waals surface area contributed by atoms with Crippen molar-refractivity contribution >= 4 is 5.91 Å². The van der Waals surface area contributed by atoms with Crippen LogP contribution in [0.3, 0.4) is 0 Å². The molecule has 0 atom stereocenters. The van der Waals surface area contributed by atoms with Crippen LogP contribution in [0.1, 0.15) is 30.8 Å². The Bertz CT molecular complexity index is 403. The van der Waals surface area contributed by atoms with E-state index in [0.717, 1.165) is 32.6 Å². The van der Waals surface area contributed by atoms with Crippen molar-refractivity contribution in [3.05, 3.63) is 11.8 Å². The second-order valence-corrected chi connectivity index (χ2v) is 4.58. The highest BCUT2D eigenvalue weighted by molar-refractivity contribution is 5.92. The molecular formula is C13H22N4O2. The third kappa shape index (κ3) is 3.47. The van der Waals surface area contributed by atoms with Gasteiger partial charge in [-0.25, -0.2) is 4.68 Å². The first-order valence-corrected chi connectivity index (χ1v) is 6.95. The minimum Gasteiger partial charge on any atom is -0.478 e. The number of nitrogens with one attached hydrogen (secondary N) is 1. The number of carbonyl (C=O) groups is 1. The van der Waals surface area contributed by atoms with Crippen molar-refractivity contribution in [3.8, 4) is 5.88 Å². The zero-order chi connectivity index (χ0) is 13.7. The minimum absolute atomic E-state index is 0.127. The van der Waals surface area contributed by atoms with E-state index in [2.05, 4.69) is 29.2 Å². The molecule has 0 unspecified atom stereocenters. The summed E-state index contributed by atoms with van der Waals surface area (Å²) in [6, 6.07) is 1.71. The second kappa shape index (κ2) is 6.56. The molecular weight excluding hydrogens is 244 g/mol. The van der Waals surface area contributed by atoms with E-state index in [4.69, 9.17) is 4.74 Å². The standard InChI is InChI=1S/C13H22N4O2/c1-3-16(4-2)8-6-14-13(18)11-10-12-17(15-11)7-5-9-19-12/h10H,3-9H2,1-2H3,(H,14,18). The number of amides is 1. The number of fused-ring (bicyclic) bond motifs is 1. The third-order valence-corrected chi connectivity index (χ3v) is 3.35. The van der Waals surface area contributed by atoms with Crippen LogP contribution in [0.4, 0.5) is 0 Å². The SMILES string of the molecule is CCN(CC)CCNC(=O)c1cc2n(n1)CCCO2. The van der Waals surface area contributed by atoms with Crippen molar-refractivity contribution in [2.45, 2.75) is 26.8 Å². The molecule has 0 radical (unpaired) electrons. The summed E-state index contributed by atoms with van der Waals surface area (Å²) in [6.07, 6.45) is 0.942. The number of carbonyl (C=O) groups excluding carboxylic acids is 1. The fourth-order valence-corrected chi connectivity index (χ4v) is 2.14. The Labute approximate surface area is 113 Å². The fourth-order valence-electron chi connectivity index (χ4n) is 2.14. The maximum Gasteiger partial charge on any atom is 0.271 e. The number of hydrogen-bond donors (Lipinski definition) is 1. The van der Waals surface area contributed by atoms with Gasteiger partial charge in [-0.05, 0) is 13.1 Å². The maximum atomic E-state index is 12.0. The first kappa shape index (κ1) is 13.9. The molecule has 1 amide bonds. The molecule has 0 spiro atoms. The lowest BCUT2D eigenvalue weighted by Crippen LogP contribution is -2.35. The number of likely N-dealkylation sites (N-methyl/N-ethyl adjacent to an activating group) is 1. The van der Waals surface area contributed by atoms with Crippen LogP contribution in [0.2, 0.25) is 0 Å². The van der Waals surface area contributed by atoms with Gasteiger partial charge in [0.2, 0.25) is 5.88 Å². The van der Waals surface area contributed by atoms with Crippen LogP contribution >= 0.6 is 0 Å². The summed E-state index contributed by atoms with van der Waals surface area (Å²) < 4.78 is 7.20. The molecule has 19 heavy (non-hydrogen) atoms. The van der Waals surface area contributed by atoms with Crippen molar-refractivity contribution in [1.29, 1.82) is 0 Å². The summed E-state index contributed by atoms with van der Waals surface area (Å²) in [5.41, 5.74) is 0.441. The van der Waals surface area contributed by atoms with E-state index in [0.29, 0.717) is 24.7 Å². The molecule has 0 saturated carbocycles. The van der Waals surface area contributed by atoms with E-state index in [9.17, 15) is 4.79 Å². The third-order valence-electron chi connectivity index (χ3n) is 3.35. The lowest BCUT2D eigenvalue weighted by atomic mass is 10.4. The van der Waals surface area contributed by atoms with E-state index < -0.39 is 0 Å². The Kier molecular flexibility index (Phi) is 4.79. The van der Waals surface area contributed by atoms with Crippen molar-refractivity contribution in [3.63, 3.8) is 0 Å². The number of ether oxygens (including phenoxy) is 1. The molecule has 1 aromatic heterocycles. The zero-order valence-corrected chi connectivity index (χ0v) is 11.7. The summed E-state index contributed by atoms with van der Waals surface area (Å²) in [5, 5.41) is 7.15. The zero-order valence-electron chi connectivity index (χ0n) is 11.7. The number of nitrogens with zero attached hydrogens (tertiary/aromatic N) is 3. The molecule has 0 bridgehead atoms. The molecule has 6 heteroatoms. The number of rotatable bonds is 6. The lowest BCUT2D eigenvalue weighted by molar-refractivity contribution is 0.0943. The number of hydrogen-bond acceptors (Lipinski definition) is 4. The normalized spacial score (nSPS) is 14.1. The van der Waals surface area contributed by atoms with Gasteiger partial charge in [0.15, 0.2) is 5.69 Å². The van der Waals surface area contributed by atoms with Gasteiger partial charge in [-0.15, -0.1) is 0 Å². The lowest BCUT2D eigenvalue weighted by Gasteiger charge is -2.17. The van der Waals surface area contributed by atoms with Crippen LogP contribution < -0.4 is 10.1 Å². The molecule has 6 nitrogen and oxygen atoms in total. The Balaban J connectivity index is 1.84. The summed E-state index contributed by atoms with van der Waals surface area (Å²) in [5.74, 6) is 0.567. The summed E-state index contributed by atoms with van der Waals surface area (Å²) >= 11 is 0. The van der Waals surface area contributed by atoms with Crippen molar-refractivity contribution in [2.24, 2.45) is 0 Å². The Morgan fingerprint density at radius 3 is 3.00 bits per heavy atom. The summed E-state index contributed by atoms with van der Waals surface area (Å²) in [6.45, 7) is 9.26. The molecule has 2 rings (SSSR count). The monoisotopic (exact) mass is 266 g/mol. The Morgan fingerprint density at radius 1 is 1.53 bits per heavy atom. The van der Waals surface area contributed by atoms with Crippen LogP contribution in [0.25, 0.3) is 0 Å². The Morgan fingerprint density at radius 2 is 2.32 bits per heavy atom. The first-order chi connectivity index (χ1) is 9.24. The van der Waals surface area contributed by atoms with Gasteiger partial charge in [-0.2, -0.15) is 5.10 Å².